The average Bonchev–Trinajstić information content (AvgIpc) is 2.83. The highest BCUT2D eigenvalue weighted by Crippen LogP contribution is 2.25. The number of carboxylic acids is 2. The quantitative estimate of drug-likeness (QED) is 0.579. The van der Waals surface area contributed by atoms with E-state index in [-0.39, 0.29) is 12.5 Å². The molecule has 34 heavy (non-hydrogen) atoms. The minimum Gasteiger partial charge on any atom is -0.497 e. The lowest BCUT2D eigenvalue weighted by atomic mass is 10.1. The van der Waals surface area contributed by atoms with Crippen molar-refractivity contribution in [3.05, 3.63) is 53.6 Å². The number of methoxy groups -OCH3 is 2. The van der Waals surface area contributed by atoms with Crippen molar-refractivity contribution in [2.75, 3.05) is 47.0 Å². The molecule has 1 aliphatic heterocycles. The zero-order valence-electron chi connectivity index (χ0n) is 19.5. The zero-order chi connectivity index (χ0) is 25.1. The van der Waals surface area contributed by atoms with Crippen LogP contribution in [0.2, 0.25) is 0 Å². The Morgan fingerprint density at radius 1 is 0.882 bits per heavy atom. The van der Waals surface area contributed by atoms with Crippen LogP contribution in [0.15, 0.2) is 42.5 Å². The first-order valence-corrected chi connectivity index (χ1v) is 10.6. The van der Waals surface area contributed by atoms with E-state index in [1.807, 2.05) is 54.3 Å². The number of rotatable bonds is 7. The summed E-state index contributed by atoms with van der Waals surface area (Å²) in [6.07, 6.45) is 0. The molecule has 2 aromatic carbocycles. The van der Waals surface area contributed by atoms with E-state index >= 15 is 0 Å². The molecule has 0 saturated carbocycles. The second-order valence-electron chi connectivity index (χ2n) is 7.55. The van der Waals surface area contributed by atoms with Crippen molar-refractivity contribution in [1.29, 1.82) is 0 Å². The highest BCUT2D eigenvalue weighted by Gasteiger charge is 2.22. The maximum Gasteiger partial charge on any atom is 0.414 e. The Hall–Kier alpha value is -3.79. The van der Waals surface area contributed by atoms with E-state index < -0.39 is 11.9 Å². The van der Waals surface area contributed by atoms with Crippen molar-refractivity contribution in [3.8, 4) is 17.2 Å². The Labute approximate surface area is 198 Å². The lowest BCUT2D eigenvalue weighted by Crippen LogP contribution is -2.49. The summed E-state index contributed by atoms with van der Waals surface area (Å²) < 4.78 is 16.4. The topological polar surface area (TPSA) is 126 Å². The summed E-state index contributed by atoms with van der Waals surface area (Å²) in [6.45, 7) is 5.87. The number of nitrogens with zero attached hydrogens (tertiary/aromatic N) is 2. The second-order valence-corrected chi connectivity index (χ2v) is 7.55. The standard InChI is InChI=1S/C22H28N2O4.C2H2O4/c1-17-5-4-6-20(13-17)28-16-22(25)24-11-9-23(10-12-24)15-18-14-19(26-2)7-8-21(18)27-3;3-1(4)2(5)6/h4-8,13-14H,9-12,15-16H2,1-3H3;(H,3,4)(H,5,6). The van der Waals surface area contributed by atoms with Crippen molar-refractivity contribution in [2.24, 2.45) is 0 Å². The number of ether oxygens (including phenoxy) is 3. The first-order chi connectivity index (χ1) is 16.2. The summed E-state index contributed by atoms with van der Waals surface area (Å²) in [7, 11) is 3.34. The number of hydrogen-bond acceptors (Lipinski definition) is 7. The summed E-state index contributed by atoms with van der Waals surface area (Å²) in [5.74, 6) is -1.22. The van der Waals surface area contributed by atoms with Gasteiger partial charge >= 0.3 is 11.9 Å². The number of carboxylic acid groups (broad SMARTS) is 2. The van der Waals surface area contributed by atoms with Gasteiger partial charge < -0.3 is 29.3 Å². The van der Waals surface area contributed by atoms with Gasteiger partial charge in [-0.25, -0.2) is 9.59 Å². The van der Waals surface area contributed by atoms with Crippen LogP contribution in [0.1, 0.15) is 11.1 Å². The minimum atomic E-state index is -1.82. The van der Waals surface area contributed by atoms with Crippen LogP contribution in [-0.2, 0) is 20.9 Å². The molecule has 1 aliphatic rings. The van der Waals surface area contributed by atoms with Crippen LogP contribution in [0.25, 0.3) is 0 Å². The number of carbonyl (C=O) groups excluding carboxylic acids is 1. The molecule has 184 valence electrons. The Bertz CT molecular complexity index is 975. The van der Waals surface area contributed by atoms with E-state index in [0.717, 1.165) is 48.0 Å². The number of benzene rings is 2. The molecule has 0 atom stereocenters. The van der Waals surface area contributed by atoms with Gasteiger partial charge in [0.1, 0.15) is 17.2 Å². The van der Waals surface area contributed by atoms with Crippen LogP contribution in [0.5, 0.6) is 17.2 Å². The third kappa shape index (κ3) is 8.28. The number of hydrogen-bond donors (Lipinski definition) is 2. The molecule has 10 heteroatoms. The molecule has 1 amide bonds. The number of carbonyl (C=O) groups is 3. The second kappa shape index (κ2) is 13.0. The number of piperazine rings is 1. The highest BCUT2D eigenvalue weighted by atomic mass is 16.5. The summed E-state index contributed by atoms with van der Waals surface area (Å²) >= 11 is 0. The highest BCUT2D eigenvalue weighted by molar-refractivity contribution is 6.27. The molecule has 1 heterocycles. The monoisotopic (exact) mass is 474 g/mol. The van der Waals surface area contributed by atoms with Gasteiger partial charge in [-0.1, -0.05) is 12.1 Å². The molecule has 3 rings (SSSR count). The lowest BCUT2D eigenvalue weighted by molar-refractivity contribution is -0.159. The molecule has 0 bridgehead atoms. The third-order valence-corrected chi connectivity index (χ3v) is 5.14. The summed E-state index contributed by atoms with van der Waals surface area (Å²) in [5.41, 5.74) is 2.20. The van der Waals surface area contributed by atoms with E-state index in [1.165, 1.54) is 0 Å². The van der Waals surface area contributed by atoms with E-state index in [4.69, 9.17) is 34.0 Å². The van der Waals surface area contributed by atoms with Crippen LogP contribution < -0.4 is 14.2 Å². The van der Waals surface area contributed by atoms with Gasteiger partial charge in [0.05, 0.1) is 14.2 Å². The summed E-state index contributed by atoms with van der Waals surface area (Å²) in [4.78, 5) is 34.8. The molecular formula is C24H30N2O8. The van der Waals surface area contributed by atoms with Crippen molar-refractivity contribution in [1.82, 2.24) is 9.80 Å². The van der Waals surface area contributed by atoms with E-state index in [0.29, 0.717) is 13.1 Å². The molecular weight excluding hydrogens is 444 g/mol. The smallest absolute Gasteiger partial charge is 0.414 e. The SMILES string of the molecule is COc1ccc(OC)c(CN2CCN(C(=O)COc3cccc(C)c3)CC2)c1.O=C(O)C(=O)O. The normalized spacial score (nSPS) is 13.3. The predicted octanol–water partition coefficient (Wildman–Crippen LogP) is 1.89. The van der Waals surface area contributed by atoms with Gasteiger partial charge in [-0.2, -0.15) is 0 Å². The molecule has 10 nitrogen and oxygen atoms in total. The van der Waals surface area contributed by atoms with Crippen LogP contribution in [0, 0.1) is 6.92 Å². The summed E-state index contributed by atoms with van der Waals surface area (Å²) in [6, 6.07) is 13.6. The first kappa shape index (κ1) is 26.5. The van der Waals surface area contributed by atoms with Gasteiger partial charge in [-0.3, -0.25) is 9.69 Å². The van der Waals surface area contributed by atoms with Crippen molar-refractivity contribution < 1.29 is 38.8 Å². The maximum absolute atomic E-state index is 12.5. The fourth-order valence-electron chi connectivity index (χ4n) is 3.34. The Morgan fingerprint density at radius 3 is 2.12 bits per heavy atom. The molecule has 0 aromatic heterocycles. The van der Waals surface area contributed by atoms with Gasteiger partial charge in [-0.05, 0) is 42.8 Å². The maximum atomic E-state index is 12.5. The summed E-state index contributed by atoms with van der Waals surface area (Å²) in [5, 5.41) is 14.8. The van der Waals surface area contributed by atoms with Gasteiger partial charge in [-0.15, -0.1) is 0 Å². The van der Waals surface area contributed by atoms with E-state index in [1.54, 1.807) is 14.2 Å². The molecule has 2 aromatic rings. The van der Waals surface area contributed by atoms with Gasteiger partial charge in [0.2, 0.25) is 0 Å². The molecule has 0 radical (unpaired) electrons. The largest absolute Gasteiger partial charge is 0.497 e. The molecule has 0 spiro atoms. The molecule has 0 unspecified atom stereocenters. The fourth-order valence-corrected chi connectivity index (χ4v) is 3.34. The van der Waals surface area contributed by atoms with Gasteiger partial charge in [0.25, 0.3) is 5.91 Å². The van der Waals surface area contributed by atoms with Crippen LogP contribution in [0.4, 0.5) is 0 Å². The van der Waals surface area contributed by atoms with Gasteiger partial charge in [0, 0.05) is 38.3 Å². The third-order valence-electron chi connectivity index (χ3n) is 5.14. The first-order valence-electron chi connectivity index (χ1n) is 10.6. The molecule has 0 aliphatic carbocycles. The number of amides is 1. The number of aryl methyl sites for hydroxylation is 1. The van der Waals surface area contributed by atoms with Crippen LogP contribution >= 0.6 is 0 Å². The van der Waals surface area contributed by atoms with Crippen LogP contribution in [0.3, 0.4) is 0 Å². The number of aliphatic carboxylic acids is 2. The van der Waals surface area contributed by atoms with Crippen molar-refractivity contribution in [3.63, 3.8) is 0 Å². The Kier molecular flexibility index (Phi) is 10.2. The molecule has 1 saturated heterocycles. The minimum absolute atomic E-state index is 0.0279. The Morgan fingerprint density at radius 2 is 1.56 bits per heavy atom. The zero-order valence-corrected chi connectivity index (χ0v) is 19.5. The van der Waals surface area contributed by atoms with E-state index in [2.05, 4.69) is 4.90 Å². The van der Waals surface area contributed by atoms with Crippen molar-refractivity contribution in [2.45, 2.75) is 13.5 Å². The Balaban J connectivity index is 0.000000604. The molecule has 1 fully saturated rings. The predicted molar refractivity (Wildman–Crippen MR) is 123 cm³/mol. The fraction of sp³-hybridized carbons (Fsp3) is 0.375. The van der Waals surface area contributed by atoms with Crippen molar-refractivity contribution >= 4 is 17.8 Å². The average molecular weight is 475 g/mol. The lowest BCUT2D eigenvalue weighted by Gasteiger charge is -2.35. The molecule has 2 N–H and O–H groups in total. The van der Waals surface area contributed by atoms with E-state index in [9.17, 15) is 4.79 Å². The van der Waals surface area contributed by atoms with Gasteiger partial charge in [0.15, 0.2) is 6.61 Å². The van der Waals surface area contributed by atoms with Crippen LogP contribution in [-0.4, -0.2) is 84.9 Å².